The van der Waals surface area contributed by atoms with Crippen LogP contribution >= 0.6 is 0 Å². The molecule has 0 bridgehead atoms. The van der Waals surface area contributed by atoms with Crippen LogP contribution in [0.1, 0.15) is 11.1 Å². The SMILES string of the molecule is COc1cc(/C=C/c2cc(N)c(OC)c(N)c2)cc(OC)c1OC. The van der Waals surface area contributed by atoms with Gasteiger partial charge >= 0.3 is 0 Å². The molecule has 0 aliphatic rings. The van der Waals surface area contributed by atoms with Crippen molar-refractivity contribution in [3.8, 4) is 23.0 Å². The Kier molecular flexibility index (Phi) is 5.42. The fourth-order valence-electron chi connectivity index (χ4n) is 2.42. The molecule has 0 radical (unpaired) electrons. The Bertz CT molecular complexity index is 709. The van der Waals surface area contributed by atoms with Gasteiger partial charge in [-0.2, -0.15) is 0 Å². The van der Waals surface area contributed by atoms with Crippen LogP contribution in [-0.4, -0.2) is 28.4 Å². The lowest BCUT2D eigenvalue weighted by atomic mass is 10.1. The highest BCUT2D eigenvalue weighted by atomic mass is 16.5. The van der Waals surface area contributed by atoms with E-state index in [1.54, 1.807) is 33.5 Å². The van der Waals surface area contributed by atoms with Crippen LogP contribution in [0.2, 0.25) is 0 Å². The lowest BCUT2D eigenvalue weighted by Crippen LogP contribution is -1.98. The van der Waals surface area contributed by atoms with Crippen molar-refractivity contribution in [2.75, 3.05) is 39.9 Å². The van der Waals surface area contributed by atoms with E-state index >= 15 is 0 Å². The topological polar surface area (TPSA) is 89.0 Å². The summed E-state index contributed by atoms with van der Waals surface area (Å²) < 4.78 is 21.2. The second-order valence-electron chi connectivity index (χ2n) is 5.02. The first kappa shape index (κ1) is 17.3. The first-order valence-electron chi connectivity index (χ1n) is 7.25. The van der Waals surface area contributed by atoms with E-state index in [-0.39, 0.29) is 0 Å². The molecule has 2 aromatic carbocycles. The molecule has 128 valence electrons. The Labute approximate surface area is 141 Å². The molecule has 0 unspecified atom stereocenters. The first-order chi connectivity index (χ1) is 11.5. The van der Waals surface area contributed by atoms with Crippen LogP contribution in [0, 0.1) is 0 Å². The number of hydrogen-bond donors (Lipinski definition) is 2. The summed E-state index contributed by atoms with van der Waals surface area (Å²) in [6, 6.07) is 7.30. The third-order valence-corrected chi connectivity index (χ3v) is 3.53. The van der Waals surface area contributed by atoms with Gasteiger partial charge in [0.2, 0.25) is 5.75 Å². The van der Waals surface area contributed by atoms with Crippen molar-refractivity contribution in [2.24, 2.45) is 0 Å². The molecule has 0 saturated heterocycles. The van der Waals surface area contributed by atoms with Crippen LogP contribution in [-0.2, 0) is 0 Å². The van der Waals surface area contributed by atoms with Crippen LogP contribution in [0.25, 0.3) is 12.2 Å². The molecule has 0 aliphatic heterocycles. The van der Waals surface area contributed by atoms with Crippen molar-refractivity contribution in [2.45, 2.75) is 0 Å². The molecule has 24 heavy (non-hydrogen) atoms. The zero-order chi connectivity index (χ0) is 17.7. The lowest BCUT2D eigenvalue weighted by molar-refractivity contribution is 0.324. The molecule has 4 N–H and O–H groups in total. The maximum atomic E-state index is 5.94. The largest absolute Gasteiger partial charge is 0.493 e. The van der Waals surface area contributed by atoms with Gasteiger partial charge in [-0.15, -0.1) is 0 Å². The smallest absolute Gasteiger partial charge is 0.203 e. The maximum Gasteiger partial charge on any atom is 0.203 e. The summed E-state index contributed by atoms with van der Waals surface area (Å²) in [5.74, 6) is 2.21. The van der Waals surface area contributed by atoms with Crippen LogP contribution in [0.4, 0.5) is 11.4 Å². The van der Waals surface area contributed by atoms with Crippen LogP contribution in [0.3, 0.4) is 0 Å². The zero-order valence-electron chi connectivity index (χ0n) is 14.3. The fraction of sp³-hybridized carbons (Fsp3) is 0.222. The molecular formula is C18H22N2O4. The number of anilines is 2. The fourth-order valence-corrected chi connectivity index (χ4v) is 2.42. The third kappa shape index (κ3) is 3.48. The van der Waals surface area contributed by atoms with E-state index in [1.807, 2.05) is 24.3 Å². The minimum Gasteiger partial charge on any atom is -0.493 e. The van der Waals surface area contributed by atoms with E-state index in [4.69, 9.17) is 30.4 Å². The lowest BCUT2D eigenvalue weighted by Gasteiger charge is -2.13. The summed E-state index contributed by atoms with van der Waals surface area (Å²) in [5, 5.41) is 0. The summed E-state index contributed by atoms with van der Waals surface area (Å²) in [6.45, 7) is 0. The molecule has 0 saturated carbocycles. The Balaban J connectivity index is 2.39. The van der Waals surface area contributed by atoms with E-state index in [1.165, 1.54) is 7.11 Å². The standard InChI is InChI=1S/C18H22N2O4/c1-21-15-9-12(10-16(22-2)18(15)24-4)6-5-11-7-13(19)17(23-3)14(20)8-11/h5-10H,19-20H2,1-4H3/b6-5+. The maximum absolute atomic E-state index is 5.94. The third-order valence-electron chi connectivity index (χ3n) is 3.53. The Hall–Kier alpha value is -3.02. The van der Waals surface area contributed by atoms with Crippen molar-refractivity contribution in [3.63, 3.8) is 0 Å². The molecule has 0 aromatic heterocycles. The van der Waals surface area contributed by atoms with Gasteiger partial charge in [0.1, 0.15) is 0 Å². The van der Waals surface area contributed by atoms with Crippen molar-refractivity contribution in [3.05, 3.63) is 35.4 Å². The van der Waals surface area contributed by atoms with Crippen molar-refractivity contribution in [1.82, 2.24) is 0 Å². The average molecular weight is 330 g/mol. The van der Waals surface area contributed by atoms with Crippen LogP contribution in [0.5, 0.6) is 23.0 Å². The predicted molar refractivity (Wildman–Crippen MR) is 96.8 cm³/mol. The number of rotatable bonds is 6. The van der Waals surface area contributed by atoms with Crippen LogP contribution in [0.15, 0.2) is 24.3 Å². The van der Waals surface area contributed by atoms with E-state index in [0.717, 1.165) is 11.1 Å². The molecule has 2 rings (SSSR count). The highest BCUT2D eigenvalue weighted by Gasteiger charge is 2.12. The van der Waals surface area contributed by atoms with Gasteiger partial charge in [0.15, 0.2) is 17.2 Å². The molecule has 2 aromatic rings. The van der Waals surface area contributed by atoms with Gasteiger partial charge in [-0.25, -0.2) is 0 Å². The monoisotopic (exact) mass is 330 g/mol. The number of nitrogens with two attached hydrogens (primary N) is 2. The van der Waals surface area contributed by atoms with Gasteiger partial charge in [-0.3, -0.25) is 0 Å². The van der Waals surface area contributed by atoms with E-state index in [2.05, 4.69) is 0 Å². The molecule has 0 aliphatic carbocycles. The normalized spacial score (nSPS) is 10.7. The molecule has 0 fully saturated rings. The quantitative estimate of drug-likeness (QED) is 0.625. The summed E-state index contributed by atoms with van der Waals surface area (Å²) >= 11 is 0. The Morgan fingerprint density at radius 1 is 0.625 bits per heavy atom. The van der Waals surface area contributed by atoms with Crippen molar-refractivity contribution in [1.29, 1.82) is 0 Å². The van der Waals surface area contributed by atoms with Gasteiger partial charge in [0, 0.05) is 0 Å². The van der Waals surface area contributed by atoms with Crippen LogP contribution < -0.4 is 30.4 Å². The number of hydrogen-bond acceptors (Lipinski definition) is 6. The molecular weight excluding hydrogens is 308 g/mol. The second kappa shape index (κ2) is 7.50. The summed E-state index contributed by atoms with van der Waals surface area (Å²) in [5.41, 5.74) is 14.6. The first-order valence-corrected chi connectivity index (χ1v) is 7.25. The number of nitrogen functional groups attached to an aromatic ring is 2. The van der Waals surface area contributed by atoms with Crippen molar-refractivity contribution >= 4 is 23.5 Å². The van der Waals surface area contributed by atoms with E-state index in [9.17, 15) is 0 Å². The highest BCUT2D eigenvalue weighted by molar-refractivity contribution is 5.78. The molecule has 0 spiro atoms. The van der Waals surface area contributed by atoms with Gasteiger partial charge in [0.25, 0.3) is 0 Å². The molecule has 0 atom stereocenters. The highest BCUT2D eigenvalue weighted by Crippen LogP contribution is 2.38. The average Bonchev–Trinajstić information content (AvgIpc) is 2.58. The van der Waals surface area contributed by atoms with Gasteiger partial charge < -0.3 is 30.4 Å². The van der Waals surface area contributed by atoms with Gasteiger partial charge in [0.05, 0.1) is 39.8 Å². The molecule has 6 heteroatoms. The molecule has 0 heterocycles. The zero-order valence-corrected chi connectivity index (χ0v) is 14.3. The number of benzene rings is 2. The Morgan fingerprint density at radius 3 is 1.42 bits per heavy atom. The summed E-state index contributed by atoms with van der Waals surface area (Å²) in [6.07, 6.45) is 3.80. The molecule has 6 nitrogen and oxygen atoms in total. The minimum absolute atomic E-state index is 0.486. The van der Waals surface area contributed by atoms with E-state index in [0.29, 0.717) is 34.4 Å². The minimum atomic E-state index is 0.486. The summed E-state index contributed by atoms with van der Waals surface area (Å²) in [7, 11) is 6.26. The second-order valence-corrected chi connectivity index (χ2v) is 5.02. The van der Waals surface area contributed by atoms with Crippen molar-refractivity contribution < 1.29 is 18.9 Å². The summed E-state index contributed by atoms with van der Waals surface area (Å²) in [4.78, 5) is 0. The number of ether oxygens (including phenoxy) is 4. The predicted octanol–water partition coefficient (Wildman–Crippen LogP) is 3.06. The van der Waals surface area contributed by atoms with Gasteiger partial charge in [-0.05, 0) is 35.4 Å². The van der Waals surface area contributed by atoms with Gasteiger partial charge in [-0.1, -0.05) is 12.2 Å². The molecule has 0 amide bonds. The Morgan fingerprint density at radius 2 is 1.04 bits per heavy atom. The number of methoxy groups -OCH3 is 4. The van der Waals surface area contributed by atoms with E-state index < -0.39 is 0 Å².